The molecule has 3 rings (SSSR count). The third-order valence-electron chi connectivity index (χ3n) is 3.64. The average molecular weight is 353 g/mol. The van der Waals surface area contributed by atoms with Crippen LogP contribution in [0, 0.1) is 0 Å². The molecular formula is C19H19N3O2S. The first-order chi connectivity index (χ1) is 12.1. The Morgan fingerprint density at radius 3 is 2.52 bits per heavy atom. The zero-order chi connectivity index (χ0) is 17.6. The third kappa shape index (κ3) is 4.65. The fraction of sp³-hybridized carbons (Fsp3) is 0.158. The molecule has 0 fully saturated rings. The fourth-order valence-corrected chi connectivity index (χ4v) is 3.30. The van der Waals surface area contributed by atoms with E-state index in [1.54, 1.807) is 29.5 Å². The van der Waals surface area contributed by atoms with Crippen molar-refractivity contribution in [3.05, 3.63) is 59.5 Å². The number of nitrogens with one attached hydrogen (secondary N) is 3. The van der Waals surface area contributed by atoms with E-state index in [-0.39, 0.29) is 18.4 Å². The Hall–Kier alpha value is -2.70. The summed E-state index contributed by atoms with van der Waals surface area (Å²) in [5, 5.41) is 11.9. The van der Waals surface area contributed by atoms with Crippen LogP contribution < -0.4 is 16.0 Å². The standard InChI is InChI=1S/C19H19N3O2S/c1-13(23)21-16-4-2-3-5-17(16)22-19(24)12-20-11-14-6-7-18-15(10-14)8-9-25-18/h2-10,20H,11-12H2,1H3,(H,21,23)(H,22,24). The molecule has 0 atom stereocenters. The van der Waals surface area contributed by atoms with Gasteiger partial charge in [-0.1, -0.05) is 18.2 Å². The summed E-state index contributed by atoms with van der Waals surface area (Å²) in [6, 6.07) is 15.5. The Labute approximate surface area is 150 Å². The average Bonchev–Trinajstić information content (AvgIpc) is 3.04. The van der Waals surface area contributed by atoms with Crippen molar-refractivity contribution in [2.24, 2.45) is 0 Å². The number of fused-ring (bicyclic) bond motifs is 1. The topological polar surface area (TPSA) is 70.2 Å². The highest BCUT2D eigenvalue weighted by atomic mass is 32.1. The Bertz CT molecular complexity index is 904. The first-order valence-electron chi connectivity index (χ1n) is 7.95. The van der Waals surface area contributed by atoms with Gasteiger partial charge in [0.15, 0.2) is 0 Å². The van der Waals surface area contributed by atoms with Crippen molar-refractivity contribution >= 4 is 44.6 Å². The van der Waals surface area contributed by atoms with Crippen molar-refractivity contribution in [1.82, 2.24) is 5.32 Å². The monoisotopic (exact) mass is 353 g/mol. The number of thiophene rings is 1. The van der Waals surface area contributed by atoms with Crippen LogP contribution in [0.3, 0.4) is 0 Å². The molecule has 1 heterocycles. The molecule has 0 bridgehead atoms. The van der Waals surface area contributed by atoms with Gasteiger partial charge in [-0.15, -0.1) is 11.3 Å². The van der Waals surface area contributed by atoms with E-state index in [9.17, 15) is 9.59 Å². The molecule has 3 aromatic rings. The van der Waals surface area contributed by atoms with Crippen LogP contribution in [0.1, 0.15) is 12.5 Å². The maximum atomic E-state index is 12.1. The van der Waals surface area contributed by atoms with Crippen LogP contribution in [0.4, 0.5) is 11.4 Å². The lowest BCUT2D eigenvalue weighted by atomic mass is 10.2. The van der Waals surface area contributed by atoms with E-state index in [1.807, 2.05) is 6.07 Å². The van der Waals surface area contributed by atoms with Gasteiger partial charge in [0.2, 0.25) is 11.8 Å². The van der Waals surface area contributed by atoms with Crippen LogP contribution >= 0.6 is 11.3 Å². The molecule has 6 heteroatoms. The van der Waals surface area contributed by atoms with Gasteiger partial charge in [-0.2, -0.15) is 0 Å². The zero-order valence-electron chi connectivity index (χ0n) is 13.8. The summed E-state index contributed by atoms with van der Waals surface area (Å²) in [4.78, 5) is 23.3. The molecule has 1 aromatic heterocycles. The van der Waals surface area contributed by atoms with Crippen LogP contribution in [0.25, 0.3) is 10.1 Å². The van der Waals surface area contributed by atoms with E-state index in [4.69, 9.17) is 0 Å². The Kier molecular flexibility index (Phi) is 5.42. The number of benzene rings is 2. The van der Waals surface area contributed by atoms with Gasteiger partial charge in [-0.3, -0.25) is 9.59 Å². The van der Waals surface area contributed by atoms with Gasteiger partial charge in [-0.25, -0.2) is 0 Å². The largest absolute Gasteiger partial charge is 0.325 e. The molecule has 0 aliphatic carbocycles. The molecule has 0 unspecified atom stereocenters. The van der Waals surface area contributed by atoms with Gasteiger partial charge in [0.25, 0.3) is 0 Å². The fourth-order valence-electron chi connectivity index (χ4n) is 2.53. The zero-order valence-corrected chi connectivity index (χ0v) is 14.7. The molecule has 5 nitrogen and oxygen atoms in total. The molecule has 0 aliphatic rings. The second kappa shape index (κ2) is 7.92. The van der Waals surface area contributed by atoms with E-state index in [2.05, 4.69) is 45.6 Å². The number of anilines is 2. The minimum atomic E-state index is -0.177. The molecule has 0 saturated carbocycles. The number of hydrogen-bond donors (Lipinski definition) is 3. The molecule has 2 aromatic carbocycles. The lowest BCUT2D eigenvalue weighted by Gasteiger charge is -2.11. The van der Waals surface area contributed by atoms with Crippen LogP contribution in [-0.2, 0) is 16.1 Å². The van der Waals surface area contributed by atoms with E-state index in [0.717, 1.165) is 5.56 Å². The van der Waals surface area contributed by atoms with Crippen molar-refractivity contribution in [1.29, 1.82) is 0 Å². The molecule has 128 valence electrons. The first-order valence-corrected chi connectivity index (χ1v) is 8.83. The highest BCUT2D eigenvalue weighted by molar-refractivity contribution is 7.17. The molecule has 0 spiro atoms. The van der Waals surface area contributed by atoms with Crippen molar-refractivity contribution < 1.29 is 9.59 Å². The smallest absolute Gasteiger partial charge is 0.238 e. The number of carbonyl (C=O) groups is 2. The summed E-state index contributed by atoms with van der Waals surface area (Å²) in [6.45, 7) is 2.24. The minimum absolute atomic E-state index is 0.158. The van der Waals surface area contributed by atoms with Crippen molar-refractivity contribution in [2.75, 3.05) is 17.2 Å². The van der Waals surface area contributed by atoms with Gasteiger partial charge in [0.1, 0.15) is 0 Å². The number of amides is 2. The second-order valence-corrected chi connectivity index (χ2v) is 6.62. The molecule has 25 heavy (non-hydrogen) atoms. The second-order valence-electron chi connectivity index (χ2n) is 5.67. The van der Waals surface area contributed by atoms with Gasteiger partial charge in [0, 0.05) is 18.2 Å². The maximum absolute atomic E-state index is 12.1. The molecule has 0 radical (unpaired) electrons. The van der Waals surface area contributed by atoms with Crippen LogP contribution in [0.5, 0.6) is 0 Å². The van der Waals surface area contributed by atoms with Crippen molar-refractivity contribution in [3.8, 4) is 0 Å². The summed E-state index contributed by atoms with van der Waals surface area (Å²) >= 11 is 1.72. The third-order valence-corrected chi connectivity index (χ3v) is 4.54. The number of rotatable bonds is 6. The van der Waals surface area contributed by atoms with Gasteiger partial charge < -0.3 is 16.0 Å². The minimum Gasteiger partial charge on any atom is -0.325 e. The van der Waals surface area contributed by atoms with Crippen molar-refractivity contribution in [3.63, 3.8) is 0 Å². The first kappa shape index (κ1) is 17.1. The van der Waals surface area contributed by atoms with E-state index >= 15 is 0 Å². The number of para-hydroxylation sites is 2. The van der Waals surface area contributed by atoms with E-state index in [0.29, 0.717) is 17.9 Å². The number of hydrogen-bond acceptors (Lipinski definition) is 4. The van der Waals surface area contributed by atoms with Gasteiger partial charge in [-0.05, 0) is 46.7 Å². The van der Waals surface area contributed by atoms with E-state index < -0.39 is 0 Å². The summed E-state index contributed by atoms with van der Waals surface area (Å²) in [7, 11) is 0. The molecule has 0 aliphatic heterocycles. The lowest BCUT2D eigenvalue weighted by molar-refractivity contribution is -0.116. The Balaban J connectivity index is 1.53. The van der Waals surface area contributed by atoms with E-state index in [1.165, 1.54) is 17.0 Å². The van der Waals surface area contributed by atoms with Gasteiger partial charge in [0.05, 0.1) is 17.9 Å². The quantitative estimate of drug-likeness (QED) is 0.634. The highest BCUT2D eigenvalue weighted by Crippen LogP contribution is 2.22. The lowest BCUT2D eigenvalue weighted by Crippen LogP contribution is -2.28. The summed E-state index contributed by atoms with van der Waals surface area (Å²) in [6.07, 6.45) is 0. The number of carbonyl (C=O) groups excluding carboxylic acids is 2. The molecule has 3 N–H and O–H groups in total. The normalized spacial score (nSPS) is 10.6. The predicted octanol–water partition coefficient (Wildman–Crippen LogP) is 3.59. The SMILES string of the molecule is CC(=O)Nc1ccccc1NC(=O)CNCc1ccc2sccc2c1. The summed E-state index contributed by atoms with van der Waals surface area (Å²) < 4.78 is 1.26. The molecule has 2 amide bonds. The summed E-state index contributed by atoms with van der Waals surface area (Å²) in [5.74, 6) is -0.335. The predicted molar refractivity (Wildman–Crippen MR) is 103 cm³/mol. The molecular weight excluding hydrogens is 334 g/mol. The van der Waals surface area contributed by atoms with Crippen LogP contribution in [0.2, 0.25) is 0 Å². The van der Waals surface area contributed by atoms with Crippen LogP contribution in [0.15, 0.2) is 53.9 Å². The Morgan fingerprint density at radius 2 is 1.76 bits per heavy atom. The van der Waals surface area contributed by atoms with Crippen molar-refractivity contribution in [2.45, 2.75) is 13.5 Å². The highest BCUT2D eigenvalue weighted by Gasteiger charge is 2.07. The maximum Gasteiger partial charge on any atom is 0.238 e. The Morgan fingerprint density at radius 1 is 1.00 bits per heavy atom. The summed E-state index contributed by atoms with van der Waals surface area (Å²) in [5.41, 5.74) is 2.31. The molecule has 0 saturated heterocycles. The van der Waals surface area contributed by atoms with Crippen LogP contribution in [-0.4, -0.2) is 18.4 Å². The van der Waals surface area contributed by atoms with Gasteiger partial charge >= 0.3 is 0 Å².